The van der Waals surface area contributed by atoms with Crippen LogP contribution in [-0.4, -0.2) is 74.9 Å². The molecule has 2 atom stereocenters. The van der Waals surface area contributed by atoms with Gasteiger partial charge in [-0.2, -0.15) is 0 Å². The normalized spacial score (nSPS) is 13.6. The minimum absolute atomic E-state index is 0.0316. The lowest BCUT2D eigenvalue weighted by Crippen LogP contribution is -2.37. The highest BCUT2D eigenvalue weighted by Crippen LogP contribution is 2.43. The average Bonchev–Trinajstić information content (AvgIpc) is 3.35. The van der Waals surface area contributed by atoms with Crippen molar-refractivity contribution in [3.05, 3.63) is 48.6 Å². The van der Waals surface area contributed by atoms with E-state index in [0.717, 1.165) is 44.9 Å². The molecule has 10 heteroatoms. The van der Waals surface area contributed by atoms with Gasteiger partial charge in [0.25, 0.3) is 0 Å². The SMILES string of the molecule is CCCCCCC/C=C\C/C=C\C/C=C\CCCCCCCCCCCCCCCCCCC(=O)OC(COC(=O)CCCCCCCCC/C=C\CCCCCCCCC)COP(=O)(O)OCC[N+](C)(C)C. The van der Waals surface area contributed by atoms with E-state index in [4.69, 9.17) is 18.5 Å². The van der Waals surface area contributed by atoms with Gasteiger partial charge in [0.05, 0.1) is 27.7 Å². The predicted molar refractivity (Wildman–Crippen MR) is 312 cm³/mol. The van der Waals surface area contributed by atoms with Crippen molar-refractivity contribution in [2.24, 2.45) is 0 Å². The number of allylic oxidation sites excluding steroid dienone is 8. The summed E-state index contributed by atoms with van der Waals surface area (Å²) in [7, 11) is 1.48. The molecule has 73 heavy (non-hydrogen) atoms. The van der Waals surface area contributed by atoms with Gasteiger partial charge in [0.1, 0.15) is 19.8 Å². The van der Waals surface area contributed by atoms with Crippen LogP contribution in [-0.2, 0) is 32.7 Å². The number of nitrogens with zero attached hydrogens (tertiary/aromatic N) is 1. The Morgan fingerprint density at radius 3 is 1.11 bits per heavy atom. The topological polar surface area (TPSA) is 108 Å². The molecule has 0 rings (SSSR count). The Morgan fingerprint density at radius 1 is 0.425 bits per heavy atom. The molecule has 0 heterocycles. The molecule has 0 spiro atoms. The van der Waals surface area contributed by atoms with E-state index in [0.29, 0.717) is 17.4 Å². The minimum Gasteiger partial charge on any atom is -0.462 e. The van der Waals surface area contributed by atoms with Crippen LogP contribution in [0, 0.1) is 0 Å². The van der Waals surface area contributed by atoms with Crippen molar-refractivity contribution < 1.29 is 42.1 Å². The summed E-state index contributed by atoms with van der Waals surface area (Å²) in [6.45, 7) is 4.45. The predicted octanol–water partition coefficient (Wildman–Crippen LogP) is 19.3. The number of carbonyl (C=O) groups is 2. The molecule has 0 aromatic rings. The maximum absolute atomic E-state index is 12.8. The second-order valence-corrected chi connectivity index (χ2v) is 23.5. The summed E-state index contributed by atoms with van der Waals surface area (Å²) in [5.41, 5.74) is 0. The van der Waals surface area contributed by atoms with E-state index in [1.54, 1.807) is 0 Å². The summed E-state index contributed by atoms with van der Waals surface area (Å²) in [6.07, 6.45) is 69.0. The number of hydrogen-bond acceptors (Lipinski definition) is 7. The number of rotatable bonds is 57. The molecule has 428 valence electrons. The molecule has 0 aliphatic carbocycles. The zero-order chi connectivity index (χ0) is 53.5. The molecule has 9 nitrogen and oxygen atoms in total. The van der Waals surface area contributed by atoms with Crippen molar-refractivity contribution in [3.63, 3.8) is 0 Å². The first-order chi connectivity index (χ1) is 35.5. The van der Waals surface area contributed by atoms with Crippen LogP contribution in [0.25, 0.3) is 0 Å². The molecule has 0 fully saturated rings. The van der Waals surface area contributed by atoms with Gasteiger partial charge < -0.3 is 18.9 Å². The van der Waals surface area contributed by atoms with Crippen LogP contribution in [0.2, 0.25) is 0 Å². The van der Waals surface area contributed by atoms with E-state index in [9.17, 15) is 19.0 Å². The number of hydrogen-bond donors (Lipinski definition) is 1. The van der Waals surface area contributed by atoms with E-state index < -0.39 is 26.5 Å². The summed E-state index contributed by atoms with van der Waals surface area (Å²) in [4.78, 5) is 35.7. The van der Waals surface area contributed by atoms with Crippen molar-refractivity contribution in [2.75, 3.05) is 47.5 Å². The lowest BCUT2D eigenvalue weighted by molar-refractivity contribution is -0.870. The number of unbranched alkanes of at least 4 members (excludes halogenated alkanes) is 35. The molecule has 0 bridgehead atoms. The summed E-state index contributed by atoms with van der Waals surface area (Å²) < 4.78 is 34.6. The van der Waals surface area contributed by atoms with E-state index in [1.807, 2.05) is 21.1 Å². The van der Waals surface area contributed by atoms with Crippen molar-refractivity contribution in [2.45, 2.75) is 296 Å². The Balaban J connectivity index is 4.07. The van der Waals surface area contributed by atoms with Gasteiger partial charge in [-0.05, 0) is 77.0 Å². The summed E-state index contributed by atoms with van der Waals surface area (Å²) >= 11 is 0. The number of esters is 2. The Bertz CT molecular complexity index is 1370. The molecule has 0 aliphatic rings. The minimum atomic E-state index is -4.39. The van der Waals surface area contributed by atoms with Crippen molar-refractivity contribution >= 4 is 19.8 Å². The van der Waals surface area contributed by atoms with E-state index in [1.165, 1.54) is 212 Å². The van der Waals surface area contributed by atoms with Gasteiger partial charge in [-0.1, -0.05) is 249 Å². The van der Waals surface area contributed by atoms with E-state index in [-0.39, 0.29) is 32.0 Å². The van der Waals surface area contributed by atoms with Crippen LogP contribution in [0.3, 0.4) is 0 Å². The number of phosphoric acid groups is 1. The summed E-state index contributed by atoms with van der Waals surface area (Å²) in [6, 6.07) is 0. The second kappa shape index (κ2) is 54.7. The van der Waals surface area contributed by atoms with Crippen molar-refractivity contribution in [3.8, 4) is 0 Å². The lowest BCUT2D eigenvalue weighted by atomic mass is 10.0. The van der Waals surface area contributed by atoms with Crippen LogP contribution in [0.15, 0.2) is 48.6 Å². The molecule has 0 aromatic carbocycles. The first-order valence-corrected chi connectivity index (χ1v) is 32.4. The number of quaternary nitrogens is 1. The van der Waals surface area contributed by atoms with E-state index in [2.05, 4.69) is 62.5 Å². The molecule has 0 aliphatic heterocycles. The van der Waals surface area contributed by atoms with Gasteiger partial charge >= 0.3 is 19.8 Å². The standard InChI is InChI=1S/C63H118NO8P/c1-6-8-10-12-14-16-18-20-22-24-26-27-28-29-30-31-32-33-34-35-36-37-38-40-42-44-46-48-50-52-54-56-63(66)72-61(60-71-73(67,68)70-58-57-64(3,4)5)59-69-62(65)55-53-51-49-47-45-43-41-39-25-23-21-19-17-15-13-11-9-7-2/h18,20,23-26,28-29,61H,6-17,19,21-22,27,30-60H2,1-5H3/p+1/b20-18-,25-23-,26-24-,29-28-. The molecule has 0 radical (unpaired) electrons. The van der Waals surface area contributed by atoms with Crippen LogP contribution < -0.4 is 0 Å². The highest BCUT2D eigenvalue weighted by Gasteiger charge is 2.27. The number of ether oxygens (including phenoxy) is 2. The van der Waals surface area contributed by atoms with Crippen LogP contribution >= 0.6 is 7.82 Å². The molecule has 2 unspecified atom stereocenters. The molecular weight excluding hydrogens is 930 g/mol. The zero-order valence-corrected chi connectivity index (χ0v) is 49.5. The third kappa shape index (κ3) is 59.1. The average molecular weight is 1050 g/mol. The van der Waals surface area contributed by atoms with Gasteiger partial charge in [-0.3, -0.25) is 18.6 Å². The fourth-order valence-corrected chi connectivity index (χ4v) is 9.53. The maximum Gasteiger partial charge on any atom is 0.472 e. The first kappa shape index (κ1) is 71.0. The smallest absolute Gasteiger partial charge is 0.462 e. The molecule has 0 aromatic heterocycles. The van der Waals surface area contributed by atoms with Crippen molar-refractivity contribution in [1.82, 2.24) is 0 Å². The first-order valence-electron chi connectivity index (χ1n) is 30.9. The monoisotopic (exact) mass is 1050 g/mol. The van der Waals surface area contributed by atoms with Gasteiger partial charge in [0.2, 0.25) is 0 Å². The Morgan fingerprint density at radius 2 is 0.740 bits per heavy atom. The highest BCUT2D eigenvalue weighted by molar-refractivity contribution is 7.47. The second-order valence-electron chi connectivity index (χ2n) is 22.1. The van der Waals surface area contributed by atoms with Crippen molar-refractivity contribution in [1.29, 1.82) is 0 Å². The summed E-state index contributed by atoms with van der Waals surface area (Å²) in [5, 5.41) is 0. The van der Waals surface area contributed by atoms with Gasteiger partial charge in [-0.15, -0.1) is 0 Å². The Labute approximate surface area is 452 Å². The molecule has 0 saturated carbocycles. The highest BCUT2D eigenvalue weighted by atomic mass is 31.2. The third-order valence-electron chi connectivity index (χ3n) is 13.6. The van der Waals surface area contributed by atoms with Crippen LogP contribution in [0.5, 0.6) is 0 Å². The molecular formula is C63H119NO8P+. The third-order valence-corrected chi connectivity index (χ3v) is 14.6. The van der Waals surface area contributed by atoms with E-state index >= 15 is 0 Å². The Hall–Kier alpha value is -2.03. The van der Waals surface area contributed by atoms with Crippen LogP contribution in [0.1, 0.15) is 290 Å². The number of phosphoric ester groups is 1. The number of likely N-dealkylation sites (N-methyl/N-ethyl adjacent to an activating group) is 1. The summed E-state index contributed by atoms with van der Waals surface area (Å²) in [5.74, 6) is -0.792. The zero-order valence-electron chi connectivity index (χ0n) is 48.6. The van der Waals surface area contributed by atoms with Gasteiger partial charge in [0, 0.05) is 12.8 Å². The maximum atomic E-state index is 12.8. The quantitative estimate of drug-likeness (QED) is 0.0211. The fourth-order valence-electron chi connectivity index (χ4n) is 8.78. The number of carbonyl (C=O) groups excluding carboxylic acids is 2. The molecule has 0 saturated heterocycles. The lowest BCUT2D eigenvalue weighted by Gasteiger charge is -2.24. The fraction of sp³-hybridized carbons (Fsp3) is 0.841. The largest absolute Gasteiger partial charge is 0.472 e. The molecule has 1 N–H and O–H groups in total. The van der Waals surface area contributed by atoms with Gasteiger partial charge in [0.15, 0.2) is 6.10 Å². The van der Waals surface area contributed by atoms with Crippen LogP contribution in [0.4, 0.5) is 0 Å². The Kier molecular flexibility index (Phi) is 53.2. The van der Waals surface area contributed by atoms with Gasteiger partial charge in [-0.25, -0.2) is 4.57 Å². The molecule has 0 amide bonds.